The molecule has 5 rings (SSSR count). The third kappa shape index (κ3) is 3.90. The van der Waals surface area contributed by atoms with Crippen LogP contribution in [0.1, 0.15) is 49.0 Å². The number of piperidine rings is 1. The zero-order valence-corrected chi connectivity index (χ0v) is 17.6. The van der Waals surface area contributed by atoms with E-state index in [4.69, 9.17) is 0 Å². The molecule has 2 heterocycles. The van der Waals surface area contributed by atoms with E-state index in [9.17, 15) is 4.79 Å². The van der Waals surface area contributed by atoms with Crippen molar-refractivity contribution in [1.29, 1.82) is 0 Å². The fraction of sp³-hybridized carbons (Fsp3) is 0.435. The Morgan fingerprint density at radius 1 is 1.03 bits per heavy atom. The number of benzene rings is 2. The van der Waals surface area contributed by atoms with E-state index in [1.165, 1.54) is 37.4 Å². The van der Waals surface area contributed by atoms with E-state index in [-0.39, 0.29) is 5.78 Å². The van der Waals surface area contributed by atoms with Crippen LogP contribution in [0, 0.1) is 5.92 Å². The highest BCUT2D eigenvalue weighted by Crippen LogP contribution is 2.41. The van der Waals surface area contributed by atoms with Gasteiger partial charge in [0.05, 0.1) is 5.75 Å². The van der Waals surface area contributed by atoms with E-state index in [2.05, 4.69) is 38.7 Å². The summed E-state index contributed by atoms with van der Waals surface area (Å²) >= 11 is 1.52. The number of fused-ring (bicyclic) bond motifs is 1. The first-order valence-corrected chi connectivity index (χ1v) is 11.5. The Kier molecular flexibility index (Phi) is 5.04. The zero-order chi connectivity index (χ0) is 19.8. The maximum atomic E-state index is 12.8. The minimum atomic E-state index is 0.138. The van der Waals surface area contributed by atoms with Gasteiger partial charge in [0.15, 0.2) is 10.9 Å². The van der Waals surface area contributed by atoms with E-state index in [0.29, 0.717) is 11.8 Å². The molecule has 0 N–H and O–H groups in total. The molecule has 3 aromatic rings. The summed E-state index contributed by atoms with van der Waals surface area (Å²) in [6.07, 6.45) is 4.78. The highest BCUT2D eigenvalue weighted by molar-refractivity contribution is 7.99. The fourth-order valence-corrected chi connectivity index (χ4v) is 4.92. The smallest absolute Gasteiger partial charge is 0.228 e. The normalized spacial score (nSPS) is 17.8. The van der Waals surface area contributed by atoms with Crippen LogP contribution in [0.3, 0.4) is 0 Å². The highest BCUT2D eigenvalue weighted by Gasteiger charge is 2.32. The molecule has 0 spiro atoms. The minimum Gasteiger partial charge on any atom is -0.341 e. The molecular formula is C23H26N4OS. The van der Waals surface area contributed by atoms with Gasteiger partial charge in [-0.2, -0.15) is 0 Å². The number of rotatable bonds is 6. The second-order valence-electron chi connectivity index (χ2n) is 8.33. The average Bonchev–Trinajstić information content (AvgIpc) is 3.51. The summed E-state index contributed by atoms with van der Waals surface area (Å²) in [4.78, 5) is 15.2. The standard InChI is InChI=1S/C23H26N4OS/c1-16-10-12-26(13-11-16)22-24-25-23(27(22)20-8-9-20)29-15-21(28)19-7-6-17-4-2-3-5-18(17)14-19/h2-7,14,16,20H,8-13,15H2,1H3. The predicted molar refractivity (Wildman–Crippen MR) is 118 cm³/mol. The van der Waals surface area contributed by atoms with Gasteiger partial charge in [-0.25, -0.2) is 0 Å². The van der Waals surface area contributed by atoms with Crippen molar-refractivity contribution in [3.8, 4) is 0 Å². The highest BCUT2D eigenvalue weighted by atomic mass is 32.2. The maximum Gasteiger partial charge on any atom is 0.228 e. The second-order valence-corrected chi connectivity index (χ2v) is 9.27. The molecule has 1 saturated carbocycles. The van der Waals surface area contributed by atoms with Gasteiger partial charge < -0.3 is 4.90 Å². The Labute approximate surface area is 175 Å². The lowest BCUT2D eigenvalue weighted by Crippen LogP contribution is -2.34. The van der Waals surface area contributed by atoms with E-state index in [1.54, 1.807) is 0 Å². The van der Waals surface area contributed by atoms with Gasteiger partial charge in [0.2, 0.25) is 5.95 Å². The number of anilines is 1. The molecule has 2 fully saturated rings. The van der Waals surface area contributed by atoms with Crippen LogP contribution in [0.2, 0.25) is 0 Å². The first-order chi connectivity index (χ1) is 14.2. The molecule has 6 heteroatoms. The van der Waals surface area contributed by atoms with Gasteiger partial charge in [-0.15, -0.1) is 10.2 Å². The SMILES string of the molecule is CC1CCN(c2nnc(SCC(=O)c3ccc4ccccc4c3)n2C2CC2)CC1. The van der Waals surface area contributed by atoms with Gasteiger partial charge in [0.1, 0.15) is 0 Å². The number of thioether (sulfide) groups is 1. The fourth-order valence-electron chi connectivity index (χ4n) is 4.02. The van der Waals surface area contributed by atoms with Gasteiger partial charge in [0.25, 0.3) is 0 Å². The van der Waals surface area contributed by atoms with Crippen molar-refractivity contribution >= 4 is 34.3 Å². The molecular weight excluding hydrogens is 380 g/mol. The van der Waals surface area contributed by atoms with Crippen molar-refractivity contribution in [1.82, 2.24) is 14.8 Å². The number of hydrogen-bond donors (Lipinski definition) is 0. The van der Waals surface area contributed by atoms with Gasteiger partial charge >= 0.3 is 0 Å². The molecule has 1 aliphatic heterocycles. The maximum absolute atomic E-state index is 12.8. The molecule has 0 bridgehead atoms. The largest absolute Gasteiger partial charge is 0.341 e. The molecule has 1 saturated heterocycles. The van der Waals surface area contributed by atoms with Gasteiger partial charge in [-0.1, -0.05) is 55.1 Å². The number of ketones is 1. The number of aromatic nitrogens is 3. The molecule has 5 nitrogen and oxygen atoms in total. The lowest BCUT2D eigenvalue weighted by atomic mass is 10.00. The Bertz CT molecular complexity index is 1030. The minimum absolute atomic E-state index is 0.138. The number of Topliss-reactive ketones (excluding diaryl/α,β-unsaturated/α-hetero) is 1. The van der Waals surface area contributed by atoms with E-state index in [1.807, 2.05) is 30.3 Å². The van der Waals surface area contributed by atoms with Crippen molar-refractivity contribution in [3.05, 3.63) is 48.0 Å². The molecule has 2 aliphatic rings. The van der Waals surface area contributed by atoms with Crippen LogP contribution in [0.15, 0.2) is 47.6 Å². The number of nitrogens with zero attached hydrogens (tertiary/aromatic N) is 4. The van der Waals surface area contributed by atoms with Crippen LogP contribution in [0.25, 0.3) is 10.8 Å². The number of hydrogen-bond acceptors (Lipinski definition) is 5. The summed E-state index contributed by atoms with van der Waals surface area (Å²) in [5, 5.41) is 12.1. The third-order valence-electron chi connectivity index (χ3n) is 6.03. The molecule has 1 aromatic heterocycles. The lowest BCUT2D eigenvalue weighted by molar-refractivity contribution is 0.102. The Morgan fingerprint density at radius 2 is 1.79 bits per heavy atom. The van der Waals surface area contributed by atoms with E-state index in [0.717, 1.165) is 46.4 Å². The third-order valence-corrected chi connectivity index (χ3v) is 6.97. The topological polar surface area (TPSA) is 51.0 Å². The Hall–Kier alpha value is -2.34. The molecule has 0 atom stereocenters. The summed E-state index contributed by atoms with van der Waals surface area (Å²) in [6.45, 7) is 4.42. The van der Waals surface area contributed by atoms with Gasteiger partial charge in [-0.3, -0.25) is 9.36 Å². The lowest BCUT2D eigenvalue weighted by Gasteiger charge is -2.31. The predicted octanol–water partition coefficient (Wildman–Crippen LogP) is 4.98. The summed E-state index contributed by atoms with van der Waals surface area (Å²) in [7, 11) is 0. The summed E-state index contributed by atoms with van der Waals surface area (Å²) in [6, 6.07) is 14.6. The van der Waals surface area contributed by atoms with Crippen LogP contribution in [0.4, 0.5) is 5.95 Å². The molecule has 0 amide bonds. The monoisotopic (exact) mass is 406 g/mol. The molecule has 1 aliphatic carbocycles. The van der Waals surface area contributed by atoms with E-state index >= 15 is 0 Å². The summed E-state index contributed by atoms with van der Waals surface area (Å²) in [5.74, 6) is 2.32. The van der Waals surface area contributed by atoms with Crippen molar-refractivity contribution in [3.63, 3.8) is 0 Å². The van der Waals surface area contributed by atoms with E-state index < -0.39 is 0 Å². The molecule has 2 aromatic carbocycles. The molecule has 0 unspecified atom stereocenters. The first kappa shape index (κ1) is 18.7. The molecule has 0 radical (unpaired) electrons. The second kappa shape index (κ2) is 7.82. The van der Waals surface area contributed by atoms with Crippen LogP contribution < -0.4 is 4.90 Å². The Balaban J connectivity index is 1.32. The summed E-state index contributed by atoms with van der Waals surface area (Å²) in [5.41, 5.74) is 0.763. The van der Waals surface area contributed by atoms with Crippen LogP contribution in [0.5, 0.6) is 0 Å². The van der Waals surface area contributed by atoms with Crippen molar-refractivity contribution in [2.75, 3.05) is 23.7 Å². The molecule has 29 heavy (non-hydrogen) atoms. The van der Waals surface area contributed by atoms with Gasteiger partial charge in [-0.05, 0) is 48.4 Å². The Morgan fingerprint density at radius 3 is 2.55 bits per heavy atom. The first-order valence-electron chi connectivity index (χ1n) is 10.5. The van der Waals surface area contributed by atoms with Crippen molar-refractivity contribution in [2.45, 2.75) is 43.8 Å². The summed E-state index contributed by atoms with van der Waals surface area (Å²) < 4.78 is 2.29. The van der Waals surface area contributed by atoms with Crippen LogP contribution in [-0.2, 0) is 0 Å². The van der Waals surface area contributed by atoms with Gasteiger partial charge in [0, 0.05) is 24.7 Å². The van der Waals surface area contributed by atoms with Crippen molar-refractivity contribution in [2.24, 2.45) is 5.92 Å². The van der Waals surface area contributed by atoms with Crippen LogP contribution >= 0.6 is 11.8 Å². The number of carbonyl (C=O) groups excluding carboxylic acids is 1. The van der Waals surface area contributed by atoms with Crippen LogP contribution in [-0.4, -0.2) is 39.4 Å². The molecule has 150 valence electrons. The zero-order valence-electron chi connectivity index (χ0n) is 16.8. The number of carbonyl (C=O) groups is 1. The quantitative estimate of drug-likeness (QED) is 0.427. The van der Waals surface area contributed by atoms with Crippen molar-refractivity contribution < 1.29 is 4.79 Å². The average molecular weight is 407 g/mol.